The van der Waals surface area contributed by atoms with Gasteiger partial charge in [0.15, 0.2) is 0 Å². The molecule has 9 heavy (non-hydrogen) atoms. The van der Waals surface area contributed by atoms with Gasteiger partial charge in [0.2, 0.25) is 5.24 Å². The number of allylic oxidation sites excluding steroid dienone is 1. The molecule has 2 nitrogen and oxygen atoms in total. The molecule has 0 amide bonds. The molecule has 0 spiro atoms. The van der Waals surface area contributed by atoms with Gasteiger partial charge in [0.25, 0.3) is 0 Å². The zero-order valence-electron chi connectivity index (χ0n) is 5.44. The van der Waals surface area contributed by atoms with Crippen molar-refractivity contribution in [1.29, 1.82) is 5.26 Å². The van der Waals surface area contributed by atoms with Crippen LogP contribution < -0.4 is 0 Å². The standard InChI is InChI=1S/C4H5ClO.C2H3N/c1-3(2)4(5)6;1-2-3/h1H2,2H3;1H3. The van der Waals surface area contributed by atoms with Crippen LogP contribution in [-0.2, 0) is 4.79 Å². The Bertz CT molecular complexity index is 134. The molecule has 0 atom stereocenters. The molecule has 0 fully saturated rings. The number of carbonyl (C=O) groups excluding carboxylic acids is 1. The van der Waals surface area contributed by atoms with E-state index in [1.807, 2.05) is 0 Å². The lowest BCUT2D eigenvalue weighted by Crippen LogP contribution is -1.81. The Labute approximate surface area is 59.7 Å². The maximum Gasteiger partial charge on any atom is 0.247 e. The fraction of sp³-hybridized carbons (Fsp3) is 0.333. The van der Waals surface area contributed by atoms with Gasteiger partial charge in [-0.15, -0.1) is 0 Å². The second kappa shape index (κ2) is 7.19. The lowest BCUT2D eigenvalue weighted by atomic mass is 10.4. The quantitative estimate of drug-likeness (QED) is 0.418. The molecule has 0 aliphatic carbocycles. The third-order valence-electron chi connectivity index (χ3n) is 0.336. The molecule has 0 saturated heterocycles. The predicted molar refractivity (Wildman–Crippen MR) is 37.0 cm³/mol. The van der Waals surface area contributed by atoms with Crippen molar-refractivity contribution in [3.05, 3.63) is 12.2 Å². The van der Waals surface area contributed by atoms with Gasteiger partial charge in [-0.05, 0) is 18.5 Å². The van der Waals surface area contributed by atoms with E-state index in [9.17, 15) is 4.79 Å². The third-order valence-corrected chi connectivity index (χ3v) is 0.658. The maximum absolute atomic E-state index is 9.81. The van der Waals surface area contributed by atoms with Crippen molar-refractivity contribution >= 4 is 16.8 Å². The first-order valence-corrected chi connectivity index (χ1v) is 2.60. The summed E-state index contributed by atoms with van der Waals surface area (Å²) in [6.07, 6.45) is 0. The maximum atomic E-state index is 9.81. The minimum absolute atomic E-state index is 0.386. The van der Waals surface area contributed by atoms with Crippen LogP contribution in [0.5, 0.6) is 0 Å². The van der Waals surface area contributed by atoms with Crippen molar-refractivity contribution < 1.29 is 4.79 Å². The molecule has 0 rings (SSSR count). The molecule has 0 saturated carbocycles. The molecule has 0 aliphatic rings. The van der Waals surface area contributed by atoms with Crippen LogP contribution in [0.25, 0.3) is 0 Å². The molecule has 0 bridgehead atoms. The zero-order chi connectivity index (χ0) is 7.86. The van der Waals surface area contributed by atoms with Crippen LogP contribution in [0.4, 0.5) is 0 Å². The topological polar surface area (TPSA) is 40.9 Å². The van der Waals surface area contributed by atoms with Crippen molar-refractivity contribution in [1.82, 2.24) is 0 Å². The third kappa shape index (κ3) is 19.0. The SMILES string of the molecule is C=C(C)C(=O)Cl.CC#N. The summed E-state index contributed by atoms with van der Waals surface area (Å²) in [7, 11) is 0. The van der Waals surface area contributed by atoms with E-state index < -0.39 is 5.24 Å². The zero-order valence-corrected chi connectivity index (χ0v) is 6.20. The second-order valence-electron chi connectivity index (χ2n) is 1.28. The van der Waals surface area contributed by atoms with Crippen LogP contribution >= 0.6 is 11.6 Å². The monoisotopic (exact) mass is 145 g/mol. The lowest BCUT2D eigenvalue weighted by Gasteiger charge is -1.77. The van der Waals surface area contributed by atoms with Gasteiger partial charge in [-0.2, -0.15) is 5.26 Å². The first kappa shape index (κ1) is 11.0. The highest BCUT2D eigenvalue weighted by atomic mass is 35.5. The molecule has 3 heteroatoms. The van der Waals surface area contributed by atoms with Gasteiger partial charge in [0.05, 0.1) is 6.07 Å². The number of hydrogen-bond acceptors (Lipinski definition) is 2. The van der Waals surface area contributed by atoms with Crippen LogP contribution in [0.15, 0.2) is 12.2 Å². The van der Waals surface area contributed by atoms with Gasteiger partial charge in [-0.3, -0.25) is 4.79 Å². The number of halogens is 1. The molecule has 0 aromatic carbocycles. The van der Waals surface area contributed by atoms with Gasteiger partial charge in [0, 0.05) is 12.5 Å². The normalized spacial score (nSPS) is 6.00. The molecule has 0 radical (unpaired) electrons. The summed E-state index contributed by atoms with van der Waals surface area (Å²) >= 11 is 4.87. The predicted octanol–water partition coefficient (Wildman–Crippen LogP) is 1.86. The average molecular weight is 146 g/mol. The summed E-state index contributed by atoms with van der Waals surface area (Å²) in [5, 5.41) is 6.86. The number of nitriles is 1. The van der Waals surface area contributed by atoms with Crippen LogP contribution in [0.2, 0.25) is 0 Å². The van der Waals surface area contributed by atoms with E-state index in [0.29, 0.717) is 5.57 Å². The van der Waals surface area contributed by atoms with Crippen LogP contribution in [0, 0.1) is 11.3 Å². The highest BCUT2D eigenvalue weighted by Crippen LogP contribution is 1.91. The first-order valence-electron chi connectivity index (χ1n) is 2.22. The van der Waals surface area contributed by atoms with Crippen LogP contribution in [0.1, 0.15) is 13.8 Å². The number of hydrogen-bond donors (Lipinski definition) is 0. The van der Waals surface area contributed by atoms with Crippen molar-refractivity contribution in [2.24, 2.45) is 0 Å². The molecule has 0 aliphatic heterocycles. The smallest absolute Gasteiger partial charge is 0.247 e. The van der Waals surface area contributed by atoms with Crippen molar-refractivity contribution in [2.45, 2.75) is 13.8 Å². The average Bonchev–Trinajstić information content (AvgIpc) is 1.68. The van der Waals surface area contributed by atoms with E-state index >= 15 is 0 Å². The highest BCUT2D eigenvalue weighted by Gasteiger charge is 1.89. The highest BCUT2D eigenvalue weighted by molar-refractivity contribution is 6.67. The minimum Gasteiger partial charge on any atom is -0.276 e. The largest absolute Gasteiger partial charge is 0.276 e. The van der Waals surface area contributed by atoms with Gasteiger partial charge < -0.3 is 0 Å². The van der Waals surface area contributed by atoms with Gasteiger partial charge in [0.1, 0.15) is 0 Å². The molecular weight excluding hydrogens is 138 g/mol. The Morgan fingerprint density at radius 3 is 1.89 bits per heavy atom. The molecule has 0 N–H and O–H groups in total. The summed E-state index contributed by atoms with van der Waals surface area (Å²) in [5.41, 5.74) is 0.386. The van der Waals surface area contributed by atoms with Gasteiger partial charge in [-0.1, -0.05) is 6.58 Å². The Morgan fingerprint density at radius 1 is 1.78 bits per heavy atom. The summed E-state index contributed by atoms with van der Waals surface area (Å²) < 4.78 is 0. The second-order valence-corrected chi connectivity index (χ2v) is 1.62. The molecule has 0 aromatic rings. The molecule has 0 aromatic heterocycles. The lowest BCUT2D eigenvalue weighted by molar-refractivity contribution is -0.108. The van der Waals surface area contributed by atoms with Gasteiger partial charge >= 0.3 is 0 Å². The molecular formula is C6H8ClNO. The van der Waals surface area contributed by atoms with Crippen molar-refractivity contribution in [2.75, 3.05) is 0 Å². The number of nitrogens with zero attached hydrogens (tertiary/aromatic N) is 1. The number of rotatable bonds is 1. The van der Waals surface area contributed by atoms with Crippen LogP contribution in [0.3, 0.4) is 0 Å². The Morgan fingerprint density at radius 2 is 1.89 bits per heavy atom. The summed E-state index contributed by atoms with van der Waals surface area (Å²) in [4.78, 5) is 9.81. The van der Waals surface area contributed by atoms with Crippen LogP contribution in [-0.4, -0.2) is 5.24 Å². The van der Waals surface area contributed by atoms with Gasteiger partial charge in [-0.25, -0.2) is 0 Å². The fourth-order valence-corrected chi connectivity index (χ4v) is 0. The van der Waals surface area contributed by atoms with E-state index in [4.69, 9.17) is 16.9 Å². The van der Waals surface area contributed by atoms with E-state index in [2.05, 4.69) is 6.58 Å². The summed E-state index contributed by atoms with van der Waals surface area (Å²) in [6.45, 7) is 6.27. The summed E-state index contributed by atoms with van der Waals surface area (Å²) in [5.74, 6) is 0. The van der Waals surface area contributed by atoms with E-state index in [1.54, 1.807) is 13.0 Å². The Hall–Kier alpha value is -0.810. The molecule has 0 unspecified atom stereocenters. The molecule has 50 valence electrons. The first-order chi connectivity index (χ1) is 4.06. The molecule has 0 heterocycles. The van der Waals surface area contributed by atoms with E-state index in [1.165, 1.54) is 6.92 Å². The van der Waals surface area contributed by atoms with Crippen molar-refractivity contribution in [3.8, 4) is 6.07 Å². The Balaban J connectivity index is 0. The van der Waals surface area contributed by atoms with E-state index in [-0.39, 0.29) is 0 Å². The fourth-order valence-electron chi connectivity index (χ4n) is 0. The van der Waals surface area contributed by atoms with Crippen molar-refractivity contribution in [3.63, 3.8) is 0 Å². The van der Waals surface area contributed by atoms with E-state index in [0.717, 1.165) is 0 Å². The number of carbonyl (C=O) groups is 1. The Kier molecular flexibility index (Phi) is 8.83. The minimum atomic E-state index is -0.463. The summed E-state index contributed by atoms with van der Waals surface area (Å²) in [6, 6.07) is 1.75.